The fraction of sp³-hybridized carbons (Fsp3) is 0.364. The summed E-state index contributed by atoms with van der Waals surface area (Å²) in [5, 5.41) is 14.6. The lowest BCUT2D eigenvalue weighted by molar-refractivity contribution is 0.0948. The summed E-state index contributed by atoms with van der Waals surface area (Å²) in [6.07, 6.45) is 0. The molecule has 1 N–H and O–H groups in total. The molecule has 0 aliphatic heterocycles. The number of carbonyl (C=O) groups is 1. The number of tetrazole rings is 1. The van der Waals surface area contributed by atoms with E-state index in [4.69, 9.17) is 14.2 Å². The molecule has 3 aromatic rings. The van der Waals surface area contributed by atoms with Gasteiger partial charge in [0.15, 0.2) is 17.3 Å². The van der Waals surface area contributed by atoms with Crippen molar-refractivity contribution in [1.29, 1.82) is 0 Å². The van der Waals surface area contributed by atoms with Crippen LogP contribution in [0.3, 0.4) is 0 Å². The molecule has 1 aromatic heterocycles. The normalized spacial score (nSPS) is 10.6. The Morgan fingerprint density at radius 2 is 1.58 bits per heavy atom. The molecular formula is C22H27N5O4. The molecule has 1 heterocycles. The molecule has 0 unspecified atom stereocenters. The Bertz CT molecular complexity index is 990. The van der Waals surface area contributed by atoms with Crippen LogP contribution in [0.4, 0.5) is 0 Å². The molecule has 3 rings (SSSR count). The molecule has 164 valence electrons. The van der Waals surface area contributed by atoms with E-state index in [1.807, 2.05) is 52.0 Å². The lowest BCUT2D eigenvalue weighted by atomic mass is 10.1. The van der Waals surface area contributed by atoms with Gasteiger partial charge in [0, 0.05) is 5.56 Å². The van der Waals surface area contributed by atoms with Gasteiger partial charge in [0.25, 0.3) is 5.91 Å². The number of benzene rings is 2. The highest BCUT2D eigenvalue weighted by molar-refractivity contribution is 5.95. The van der Waals surface area contributed by atoms with Gasteiger partial charge in [-0.25, -0.2) is 0 Å². The number of hydrogen-bond acceptors (Lipinski definition) is 7. The van der Waals surface area contributed by atoms with Gasteiger partial charge in [0.05, 0.1) is 32.1 Å². The first-order chi connectivity index (χ1) is 15.1. The van der Waals surface area contributed by atoms with Crippen molar-refractivity contribution in [3.05, 3.63) is 53.3 Å². The molecular weight excluding hydrogens is 398 g/mol. The van der Waals surface area contributed by atoms with Gasteiger partial charge in [0.1, 0.15) is 0 Å². The molecule has 0 saturated carbocycles. The first-order valence-electron chi connectivity index (χ1n) is 10.3. The van der Waals surface area contributed by atoms with E-state index < -0.39 is 0 Å². The predicted molar refractivity (Wildman–Crippen MR) is 115 cm³/mol. The summed E-state index contributed by atoms with van der Waals surface area (Å²) in [4.78, 5) is 12.9. The Labute approximate surface area is 181 Å². The molecule has 9 heteroatoms. The van der Waals surface area contributed by atoms with Crippen LogP contribution in [0.1, 0.15) is 42.5 Å². The smallest absolute Gasteiger partial charge is 0.251 e. The third-order valence-electron chi connectivity index (χ3n) is 4.39. The van der Waals surface area contributed by atoms with Crippen molar-refractivity contribution in [2.24, 2.45) is 0 Å². The number of aromatic nitrogens is 4. The van der Waals surface area contributed by atoms with E-state index in [2.05, 4.69) is 20.8 Å². The highest BCUT2D eigenvalue weighted by Crippen LogP contribution is 2.39. The Hall–Kier alpha value is -3.62. The third-order valence-corrected chi connectivity index (χ3v) is 4.39. The van der Waals surface area contributed by atoms with Crippen molar-refractivity contribution in [3.63, 3.8) is 0 Å². The molecule has 0 radical (unpaired) electrons. The molecule has 0 spiro atoms. The van der Waals surface area contributed by atoms with E-state index in [9.17, 15) is 4.79 Å². The number of nitrogens with one attached hydrogen (secondary N) is 1. The zero-order chi connectivity index (χ0) is 22.2. The predicted octanol–water partition coefficient (Wildman–Crippen LogP) is 3.10. The van der Waals surface area contributed by atoms with Gasteiger partial charge in [-0.05, 0) is 62.4 Å². The molecule has 31 heavy (non-hydrogen) atoms. The van der Waals surface area contributed by atoms with Gasteiger partial charge < -0.3 is 19.5 Å². The van der Waals surface area contributed by atoms with Gasteiger partial charge >= 0.3 is 0 Å². The van der Waals surface area contributed by atoms with Crippen LogP contribution in [0.5, 0.6) is 17.2 Å². The number of carbonyl (C=O) groups excluding carboxylic acids is 1. The van der Waals surface area contributed by atoms with Crippen LogP contribution in [0.2, 0.25) is 0 Å². The van der Waals surface area contributed by atoms with Crippen molar-refractivity contribution in [2.75, 3.05) is 19.8 Å². The van der Waals surface area contributed by atoms with E-state index in [-0.39, 0.29) is 12.5 Å². The van der Waals surface area contributed by atoms with Crippen molar-refractivity contribution in [2.45, 2.75) is 34.2 Å². The molecule has 0 fully saturated rings. The summed E-state index contributed by atoms with van der Waals surface area (Å²) in [5.74, 6) is 1.63. The summed E-state index contributed by atoms with van der Waals surface area (Å²) in [6.45, 7) is 9.10. The Morgan fingerprint density at radius 1 is 0.968 bits per heavy atom. The summed E-state index contributed by atoms with van der Waals surface area (Å²) in [5.41, 5.74) is 2.35. The second kappa shape index (κ2) is 10.4. The highest BCUT2D eigenvalue weighted by atomic mass is 16.5. The second-order valence-corrected chi connectivity index (χ2v) is 6.63. The first kappa shape index (κ1) is 22.1. The molecule has 1 amide bonds. The molecule has 0 aliphatic rings. The van der Waals surface area contributed by atoms with Gasteiger partial charge in [-0.15, -0.1) is 5.10 Å². The maximum Gasteiger partial charge on any atom is 0.251 e. The molecule has 0 aliphatic carbocycles. The van der Waals surface area contributed by atoms with Crippen LogP contribution in [0.25, 0.3) is 5.69 Å². The Balaban J connectivity index is 1.81. The SMILES string of the molecule is CCOc1cc(C(=O)NCc2nnnn2-c2ccc(C)cc2)cc(OCC)c1OCC. The lowest BCUT2D eigenvalue weighted by Crippen LogP contribution is -2.25. The second-order valence-electron chi connectivity index (χ2n) is 6.63. The third kappa shape index (κ3) is 5.30. The number of aryl methyl sites for hydroxylation is 1. The largest absolute Gasteiger partial charge is 0.490 e. The zero-order valence-electron chi connectivity index (χ0n) is 18.2. The van der Waals surface area contributed by atoms with Crippen LogP contribution in [-0.2, 0) is 6.54 Å². The van der Waals surface area contributed by atoms with E-state index in [1.165, 1.54) is 0 Å². The van der Waals surface area contributed by atoms with Crippen molar-refractivity contribution >= 4 is 5.91 Å². The van der Waals surface area contributed by atoms with Gasteiger partial charge in [0.2, 0.25) is 5.75 Å². The number of rotatable bonds is 10. The Morgan fingerprint density at radius 3 is 2.16 bits per heavy atom. The quantitative estimate of drug-likeness (QED) is 0.533. The van der Waals surface area contributed by atoms with Crippen molar-refractivity contribution in [1.82, 2.24) is 25.5 Å². The van der Waals surface area contributed by atoms with Crippen LogP contribution in [0.15, 0.2) is 36.4 Å². The fourth-order valence-corrected chi connectivity index (χ4v) is 2.98. The monoisotopic (exact) mass is 425 g/mol. The average molecular weight is 425 g/mol. The highest BCUT2D eigenvalue weighted by Gasteiger charge is 2.19. The van der Waals surface area contributed by atoms with Crippen LogP contribution >= 0.6 is 0 Å². The van der Waals surface area contributed by atoms with E-state index >= 15 is 0 Å². The van der Waals surface area contributed by atoms with Crippen LogP contribution in [0, 0.1) is 6.92 Å². The lowest BCUT2D eigenvalue weighted by Gasteiger charge is -2.17. The molecule has 0 bridgehead atoms. The van der Waals surface area contributed by atoms with Crippen LogP contribution < -0.4 is 19.5 Å². The van der Waals surface area contributed by atoms with Gasteiger partial charge in [-0.1, -0.05) is 17.7 Å². The molecule has 0 saturated heterocycles. The Kier molecular flexibility index (Phi) is 7.42. The minimum absolute atomic E-state index is 0.154. The van der Waals surface area contributed by atoms with Crippen LogP contribution in [-0.4, -0.2) is 45.9 Å². The number of ether oxygens (including phenoxy) is 3. The molecule has 0 atom stereocenters. The summed E-state index contributed by atoms with van der Waals surface area (Å²) in [6, 6.07) is 11.1. The summed E-state index contributed by atoms with van der Waals surface area (Å²) in [7, 11) is 0. The number of hydrogen-bond donors (Lipinski definition) is 1. The van der Waals surface area contributed by atoms with Crippen molar-refractivity contribution < 1.29 is 19.0 Å². The minimum Gasteiger partial charge on any atom is -0.490 e. The summed E-state index contributed by atoms with van der Waals surface area (Å²) < 4.78 is 18.6. The first-order valence-corrected chi connectivity index (χ1v) is 10.3. The van der Waals surface area contributed by atoms with E-state index in [0.717, 1.165) is 11.3 Å². The molecule has 2 aromatic carbocycles. The fourth-order valence-electron chi connectivity index (χ4n) is 2.98. The zero-order valence-corrected chi connectivity index (χ0v) is 18.2. The van der Waals surface area contributed by atoms with Gasteiger partial charge in [-0.3, -0.25) is 4.79 Å². The number of amides is 1. The maximum atomic E-state index is 12.9. The van der Waals surface area contributed by atoms with Gasteiger partial charge in [-0.2, -0.15) is 4.68 Å². The number of nitrogens with zero attached hydrogens (tertiary/aromatic N) is 4. The molecule has 9 nitrogen and oxygen atoms in total. The van der Waals surface area contributed by atoms with E-state index in [0.29, 0.717) is 48.5 Å². The minimum atomic E-state index is -0.302. The van der Waals surface area contributed by atoms with E-state index in [1.54, 1.807) is 16.8 Å². The average Bonchev–Trinajstić information content (AvgIpc) is 3.23. The topological polar surface area (TPSA) is 100 Å². The van der Waals surface area contributed by atoms with Crippen molar-refractivity contribution in [3.8, 4) is 22.9 Å². The summed E-state index contributed by atoms with van der Waals surface area (Å²) >= 11 is 0. The maximum absolute atomic E-state index is 12.9. The standard InChI is InChI=1S/C22H27N5O4/c1-5-29-18-12-16(13-19(30-6-2)21(18)31-7-3)22(28)23-14-20-24-25-26-27(20)17-10-8-15(4)9-11-17/h8-13H,5-7,14H2,1-4H3,(H,23,28).